The Morgan fingerprint density at radius 3 is 2.05 bits per heavy atom. The van der Waals surface area contributed by atoms with E-state index >= 15 is 0 Å². The zero-order valence-corrected chi connectivity index (χ0v) is 13.5. The minimum Gasteiger partial charge on any atom is -0.382 e. The summed E-state index contributed by atoms with van der Waals surface area (Å²) in [5.74, 6) is 0. The van der Waals surface area contributed by atoms with Crippen molar-refractivity contribution in [2.24, 2.45) is 0 Å². The van der Waals surface area contributed by atoms with Crippen LogP contribution in [0.1, 0.15) is 39.2 Å². The fraction of sp³-hybridized carbons (Fsp3) is 0.647. The summed E-state index contributed by atoms with van der Waals surface area (Å²) in [6, 6.07) is 8.60. The normalized spacial score (nSPS) is 18.5. The molecule has 0 radical (unpaired) electrons. The van der Waals surface area contributed by atoms with Gasteiger partial charge in [-0.3, -0.25) is 4.90 Å². The van der Waals surface area contributed by atoms with Crippen molar-refractivity contribution in [3.8, 4) is 0 Å². The maximum Gasteiger partial charge on any atom is 0.401 e. The van der Waals surface area contributed by atoms with Crippen molar-refractivity contribution in [3.05, 3.63) is 29.8 Å². The highest BCUT2D eigenvalue weighted by Crippen LogP contribution is 2.25. The number of rotatable bonds is 3. The molecule has 0 atom stereocenters. The molecule has 124 valence electrons. The lowest BCUT2D eigenvalue weighted by Gasteiger charge is -2.33. The van der Waals surface area contributed by atoms with E-state index in [9.17, 15) is 13.2 Å². The maximum atomic E-state index is 12.4. The molecule has 2 rings (SSSR count). The number of hydrogen-bond donors (Lipinski definition) is 1. The van der Waals surface area contributed by atoms with Crippen LogP contribution in [-0.4, -0.2) is 36.8 Å². The number of hydrogen-bond acceptors (Lipinski definition) is 2. The lowest BCUT2D eigenvalue weighted by atomic mass is 9.87. The molecule has 0 spiro atoms. The van der Waals surface area contributed by atoms with Crippen LogP contribution in [0.5, 0.6) is 0 Å². The van der Waals surface area contributed by atoms with Gasteiger partial charge in [-0.25, -0.2) is 0 Å². The molecular weight excluding hydrogens is 289 g/mol. The predicted molar refractivity (Wildman–Crippen MR) is 84.3 cm³/mol. The molecule has 1 aliphatic rings. The van der Waals surface area contributed by atoms with Gasteiger partial charge in [0.05, 0.1) is 6.54 Å². The number of anilines is 1. The Balaban J connectivity index is 1.83. The third-order valence-corrected chi connectivity index (χ3v) is 4.11. The highest BCUT2D eigenvalue weighted by Gasteiger charge is 2.32. The molecule has 5 heteroatoms. The summed E-state index contributed by atoms with van der Waals surface area (Å²) in [5.41, 5.74) is 2.45. The van der Waals surface area contributed by atoms with Crippen molar-refractivity contribution in [2.75, 3.05) is 25.0 Å². The van der Waals surface area contributed by atoms with Crippen LogP contribution in [0.4, 0.5) is 18.9 Å². The van der Waals surface area contributed by atoms with Crippen molar-refractivity contribution in [1.29, 1.82) is 0 Å². The van der Waals surface area contributed by atoms with Crippen LogP contribution in [0.3, 0.4) is 0 Å². The molecule has 1 aromatic rings. The molecule has 22 heavy (non-hydrogen) atoms. The molecule has 1 N–H and O–H groups in total. The SMILES string of the molecule is CC(C)(C)c1ccc(NC2CCN(CC(F)(F)F)CC2)cc1. The Bertz CT molecular complexity index is 466. The summed E-state index contributed by atoms with van der Waals surface area (Å²) in [4.78, 5) is 1.49. The third kappa shape index (κ3) is 5.20. The summed E-state index contributed by atoms with van der Waals surface area (Å²) in [5, 5.41) is 3.43. The Morgan fingerprint density at radius 1 is 1.05 bits per heavy atom. The Morgan fingerprint density at radius 2 is 1.59 bits per heavy atom. The average Bonchev–Trinajstić information content (AvgIpc) is 2.39. The first-order valence-electron chi connectivity index (χ1n) is 7.80. The van der Waals surface area contributed by atoms with Crippen LogP contribution in [-0.2, 0) is 5.41 Å². The van der Waals surface area contributed by atoms with Gasteiger partial charge in [0, 0.05) is 24.8 Å². The van der Waals surface area contributed by atoms with Crippen molar-refractivity contribution in [3.63, 3.8) is 0 Å². The van der Waals surface area contributed by atoms with E-state index in [1.165, 1.54) is 10.5 Å². The minimum absolute atomic E-state index is 0.126. The number of benzene rings is 1. The smallest absolute Gasteiger partial charge is 0.382 e. The van der Waals surface area contributed by atoms with Crippen molar-refractivity contribution in [1.82, 2.24) is 4.90 Å². The zero-order valence-electron chi connectivity index (χ0n) is 13.5. The van der Waals surface area contributed by atoms with Crippen LogP contribution in [0.15, 0.2) is 24.3 Å². The molecule has 0 amide bonds. The van der Waals surface area contributed by atoms with Crippen LogP contribution in [0.25, 0.3) is 0 Å². The highest BCUT2D eigenvalue weighted by molar-refractivity contribution is 5.46. The van der Waals surface area contributed by atoms with Gasteiger partial charge in [0.15, 0.2) is 0 Å². The number of alkyl halides is 3. The molecule has 0 unspecified atom stereocenters. The van der Waals surface area contributed by atoms with Crippen molar-refractivity contribution >= 4 is 5.69 Å². The predicted octanol–water partition coefficient (Wildman–Crippen LogP) is 4.42. The van der Waals surface area contributed by atoms with Crippen LogP contribution in [0.2, 0.25) is 0 Å². The van der Waals surface area contributed by atoms with Gasteiger partial charge in [0.1, 0.15) is 0 Å². The molecule has 1 aliphatic heterocycles. The van der Waals surface area contributed by atoms with Crippen molar-refractivity contribution in [2.45, 2.75) is 51.2 Å². The fourth-order valence-corrected chi connectivity index (χ4v) is 2.79. The molecule has 0 saturated carbocycles. The first-order chi connectivity index (χ1) is 10.1. The lowest BCUT2D eigenvalue weighted by Crippen LogP contribution is -2.43. The second-order valence-electron chi connectivity index (χ2n) is 7.14. The topological polar surface area (TPSA) is 15.3 Å². The second-order valence-corrected chi connectivity index (χ2v) is 7.14. The van der Waals surface area contributed by atoms with Gasteiger partial charge < -0.3 is 5.32 Å². The molecule has 0 bridgehead atoms. The lowest BCUT2D eigenvalue weighted by molar-refractivity contribution is -0.147. The van der Waals surface area contributed by atoms with Gasteiger partial charge in [-0.15, -0.1) is 0 Å². The highest BCUT2D eigenvalue weighted by atomic mass is 19.4. The summed E-state index contributed by atoms with van der Waals surface area (Å²) in [6.07, 6.45) is -2.60. The van der Waals surface area contributed by atoms with E-state index in [1.54, 1.807) is 0 Å². The van der Waals surface area contributed by atoms with Crippen LogP contribution in [0, 0.1) is 0 Å². The summed E-state index contributed by atoms with van der Waals surface area (Å²) >= 11 is 0. The second kappa shape index (κ2) is 6.49. The first kappa shape index (κ1) is 17.1. The number of piperidine rings is 1. The average molecular weight is 314 g/mol. The number of likely N-dealkylation sites (tertiary alicyclic amines) is 1. The molecule has 1 aromatic carbocycles. The molecule has 1 saturated heterocycles. The van der Waals surface area contributed by atoms with E-state index in [-0.39, 0.29) is 11.5 Å². The van der Waals surface area contributed by atoms with Gasteiger partial charge in [-0.1, -0.05) is 32.9 Å². The zero-order chi connectivity index (χ0) is 16.4. The van der Waals surface area contributed by atoms with Crippen LogP contribution < -0.4 is 5.32 Å². The van der Waals surface area contributed by atoms with Gasteiger partial charge in [-0.2, -0.15) is 13.2 Å². The molecule has 0 aliphatic carbocycles. The number of nitrogens with zero attached hydrogens (tertiary/aromatic N) is 1. The van der Waals surface area contributed by atoms with Gasteiger partial charge in [0.2, 0.25) is 0 Å². The Hall–Kier alpha value is -1.23. The summed E-state index contributed by atoms with van der Waals surface area (Å²) in [6.45, 7) is 6.72. The maximum absolute atomic E-state index is 12.4. The quantitative estimate of drug-likeness (QED) is 0.888. The molecule has 0 aromatic heterocycles. The van der Waals surface area contributed by atoms with Gasteiger partial charge >= 0.3 is 6.18 Å². The monoisotopic (exact) mass is 314 g/mol. The number of nitrogens with one attached hydrogen (secondary N) is 1. The van der Waals surface area contributed by atoms with Crippen LogP contribution >= 0.6 is 0 Å². The standard InChI is InChI=1S/C17H25F3N2/c1-16(2,3)13-4-6-14(7-5-13)21-15-8-10-22(11-9-15)12-17(18,19)20/h4-7,15,21H,8-12H2,1-3H3. The van der Waals surface area contributed by atoms with E-state index in [0.717, 1.165) is 18.5 Å². The first-order valence-corrected chi connectivity index (χ1v) is 7.80. The number of halogens is 3. The van der Waals surface area contributed by atoms with Gasteiger partial charge in [0.25, 0.3) is 0 Å². The van der Waals surface area contributed by atoms with E-state index in [4.69, 9.17) is 0 Å². The van der Waals surface area contributed by atoms with Crippen molar-refractivity contribution < 1.29 is 13.2 Å². The largest absolute Gasteiger partial charge is 0.401 e. The molecule has 2 nitrogen and oxygen atoms in total. The summed E-state index contributed by atoms with van der Waals surface area (Å²) in [7, 11) is 0. The molecular formula is C17H25F3N2. The molecule has 1 heterocycles. The van der Waals surface area contributed by atoms with E-state index in [2.05, 4.69) is 50.4 Å². The van der Waals surface area contributed by atoms with E-state index in [0.29, 0.717) is 13.1 Å². The third-order valence-electron chi connectivity index (χ3n) is 4.11. The Labute approximate surface area is 130 Å². The minimum atomic E-state index is -4.09. The molecule has 1 fully saturated rings. The Kier molecular flexibility index (Phi) is 5.05. The van der Waals surface area contributed by atoms with E-state index < -0.39 is 12.7 Å². The van der Waals surface area contributed by atoms with E-state index in [1.807, 2.05) is 0 Å². The van der Waals surface area contributed by atoms with Gasteiger partial charge in [-0.05, 0) is 36.0 Å². The summed E-state index contributed by atoms with van der Waals surface area (Å²) < 4.78 is 37.1. The fourth-order valence-electron chi connectivity index (χ4n) is 2.79.